The average molecular weight is 729 g/mol. The van der Waals surface area contributed by atoms with E-state index >= 15 is 0 Å². The highest BCUT2D eigenvalue weighted by atomic mass is 15.1. The Hall–Kier alpha value is -5.86. The first-order chi connectivity index (χ1) is 27.5. The molecule has 2 aliphatic rings. The molecule has 2 heteroatoms. The van der Waals surface area contributed by atoms with E-state index in [0.29, 0.717) is 5.41 Å². The molecule has 56 heavy (non-hydrogen) atoms. The number of benzene rings is 7. The smallest absolute Gasteiger partial charge is 0.0467 e. The van der Waals surface area contributed by atoms with Gasteiger partial charge in [-0.05, 0) is 162 Å². The molecule has 278 valence electrons. The zero-order valence-electron chi connectivity index (χ0n) is 32.8. The fourth-order valence-corrected chi connectivity index (χ4v) is 10.2. The van der Waals surface area contributed by atoms with Gasteiger partial charge in [0.05, 0.1) is 0 Å². The standard InChI is InChI=1S/C54H52N2/c1-3-54(38-41-34-40(2)35-42(36-41)39-54)47-26-32-52(33-27-47)56(53-21-13-16-46(37-53)43-14-7-4-8-15-43)51-30-24-45(25-31-51)44-22-28-50(29-23-44)55(48-17-9-5-10-18-48)49-19-11-6-12-20-49/h4-33,37,40-42H,3,34-36,38-39H2,1-2H3. The molecular formula is C54H52N2. The van der Waals surface area contributed by atoms with Crippen LogP contribution in [0.2, 0.25) is 0 Å². The van der Waals surface area contributed by atoms with Crippen molar-refractivity contribution in [1.29, 1.82) is 0 Å². The summed E-state index contributed by atoms with van der Waals surface area (Å²) in [4.78, 5) is 4.74. The van der Waals surface area contributed by atoms with E-state index in [0.717, 1.165) is 46.2 Å². The van der Waals surface area contributed by atoms with Crippen LogP contribution in [0.5, 0.6) is 0 Å². The van der Waals surface area contributed by atoms with E-state index in [1.807, 2.05) is 0 Å². The first kappa shape index (κ1) is 35.8. The summed E-state index contributed by atoms with van der Waals surface area (Å²) >= 11 is 0. The second-order valence-corrected chi connectivity index (χ2v) is 16.5. The summed E-state index contributed by atoms with van der Waals surface area (Å²) in [7, 11) is 0. The van der Waals surface area contributed by atoms with Gasteiger partial charge in [-0.15, -0.1) is 0 Å². The van der Waals surface area contributed by atoms with E-state index in [-0.39, 0.29) is 0 Å². The monoisotopic (exact) mass is 728 g/mol. The van der Waals surface area contributed by atoms with Gasteiger partial charge in [-0.1, -0.05) is 129 Å². The van der Waals surface area contributed by atoms with Gasteiger partial charge in [0.15, 0.2) is 0 Å². The van der Waals surface area contributed by atoms with E-state index in [4.69, 9.17) is 0 Å². The lowest BCUT2D eigenvalue weighted by atomic mass is 9.56. The number of rotatable bonds is 10. The van der Waals surface area contributed by atoms with E-state index in [1.54, 1.807) is 0 Å². The van der Waals surface area contributed by atoms with Gasteiger partial charge in [0.2, 0.25) is 0 Å². The van der Waals surface area contributed by atoms with Crippen LogP contribution in [0.3, 0.4) is 0 Å². The van der Waals surface area contributed by atoms with Crippen molar-refractivity contribution in [2.45, 2.75) is 57.8 Å². The molecule has 0 radical (unpaired) electrons. The largest absolute Gasteiger partial charge is 0.311 e. The lowest BCUT2D eigenvalue weighted by Crippen LogP contribution is -2.40. The minimum absolute atomic E-state index is 0.292. The highest BCUT2D eigenvalue weighted by Crippen LogP contribution is 2.53. The van der Waals surface area contributed by atoms with Crippen molar-refractivity contribution >= 4 is 34.1 Å². The van der Waals surface area contributed by atoms with Crippen LogP contribution in [0.15, 0.2) is 188 Å². The number of hydrogen-bond donors (Lipinski definition) is 0. The van der Waals surface area contributed by atoms with Crippen LogP contribution < -0.4 is 9.80 Å². The Balaban J connectivity index is 1.04. The van der Waals surface area contributed by atoms with Crippen LogP contribution in [-0.2, 0) is 5.41 Å². The zero-order valence-corrected chi connectivity index (χ0v) is 32.8. The fourth-order valence-electron chi connectivity index (χ4n) is 10.2. The second-order valence-electron chi connectivity index (χ2n) is 16.5. The summed E-state index contributed by atoms with van der Waals surface area (Å²) in [5.41, 5.74) is 13.6. The van der Waals surface area contributed by atoms with Crippen molar-refractivity contribution in [2.24, 2.45) is 17.8 Å². The Morgan fingerprint density at radius 2 is 0.804 bits per heavy atom. The molecule has 0 amide bonds. The van der Waals surface area contributed by atoms with Crippen LogP contribution in [-0.4, -0.2) is 0 Å². The number of anilines is 6. The molecule has 7 aromatic carbocycles. The molecule has 2 aliphatic carbocycles. The lowest BCUT2D eigenvalue weighted by molar-refractivity contribution is 0.0788. The summed E-state index contributed by atoms with van der Waals surface area (Å²) < 4.78 is 0. The summed E-state index contributed by atoms with van der Waals surface area (Å²) in [5.74, 6) is 2.62. The van der Waals surface area contributed by atoms with E-state index in [2.05, 4.69) is 212 Å². The molecule has 0 aliphatic heterocycles. The summed E-state index contributed by atoms with van der Waals surface area (Å²) in [6.07, 6.45) is 8.14. The van der Waals surface area contributed by atoms with Gasteiger partial charge in [0, 0.05) is 34.1 Å². The Kier molecular flexibility index (Phi) is 10.0. The fraction of sp³-hybridized carbons (Fsp3) is 0.222. The second kappa shape index (κ2) is 15.7. The van der Waals surface area contributed by atoms with Crippen LogP contribution >= 0.6 is 0 Å². The molecule has 0 spiro atoms. The van der Waals surface area contributed by atoms with Gasteiger partial charge in [0.1, 0.15) is 0 Å². The molecule has 0 saturated heterocycles. The number of para-hydroxylation sites is 2. The summed E-state index contributed by atoms with van der Waals surface area (Å²) in [5, 5.41) is 0. The molecular weight excluding hydrogens is 677 g/mol. The molecule has 2 atom stereocenters. The molecule has 7 aromatic rings. The Morgan fingerprint density at radius 1 is 0.411 bits per heavy atom. The highest BCUT2D eigenvalue weighted by Gasteiger charge is 2.43. The number of nitrogens with zero attached hydrogens (tertiary/aromatic N) is 2. The summed E-state index contributed by atoms with van der Waals surface area (Å²) in [6.45, 7) is 4.90. The van der Waals surface area contributed by atoms with Gasteiger partial charge in [-0.2, -0.15) is 0 Å². The number of fused-ring (bicyclic) bond motifs is 2. The van der Waals surface area contributed by atoms with Gasteiger partial charge in [-0.25, -0.2) is 0 Å². The van der Waals surface area contributed by atoms with E-state index in [9.17, 15) is 0 Å². The predicted molar refractivity (Wildman–Crippen MR) is 238 cm³/mol. The van der Waals surface area contributed by atoms with Crippen molar-refractivity contribution in [3.63, 3.8) is 0 Å². The molecule has 2 bridgehead atoms. The quantitative estimate of drug-likeness (QED) is 0.138. The Bertz CT molecular complexity index is 2270. The maximum Gasteiger partial charge on any atom is 0.0467 e. The first-order valence-corrected chi connectivity index (χ1v) is 20.7. The van der Waals surface area contributed by atoms with Crippen LogP contribution in [0, 0.1) is 17.8 Å². The zero-order chi connectivity index (χ0) is 37.9. The van der Waals surface area contributed by atoms with Gasteiger partial charge in [0.25, 0.3) is 0 Å². The predicted octanol–water partition coefficient (Wildman–Crippen LogP) is 15.5. The molecule has 9 rings (SSSR count). The third kappa shape index (κ3) is 7.29. The maximum absolute atomic E-state index is 2.48. The highest BCUT2D eigenvalue weighted by molar-refractivity contribution is 5.82. The Morgan fingerprint density at radius 3 is 1.30 bits per heavy atom. The van der Waals surface area contributed by atoms with Crippen molar-refractivity contribution < 1.29 is 0 Å². The molecule has 0 N–H and O–H groups in total. The minimum atomic E-state index is 0.292. The van der Waals surface area contributed by atoms with Gasteiger partial charge < -0.3 is 9.80 Å². The topological polar surface area (TPSA) is 6.48 Å². The molecule has 2 fully saturated rings. The third-order valence-electron chi connectivity index (χ3n) is 12.7. The Labute approximate surface area is 334 Å². The van der Waals surface area contributed by atoms with Crippen molar-refractivity contribution in [3.05, 3.63) is 194 Å². The van der Waals surface area contributed by atoms with Crippen molar-refractivity contribution in [1.82, 2.24) is 0 Å². The first-order valence-electron chi connectivity index (χ1n) is 20.7. The van der Waals surface area contributed by atoms with Crippen LogP contribution in [0.4, 0.5) is 34.1 Å². The van der Waals surface area contributed by atoms with E-state index < -0.39 is 0 Å². The van der Waals surface area contributed by atoms with Crippen molar-refractivity contribution in [2.75, 3.05) is 9.80 Å². The molecule has 2 unspecified atom stereocenters. The number of hydrogen-bond acceptors (Lipinski definition) is 2. The third-order valence-corrected chi connectivity index (χ3v) is 12.7. The lowest BCUT2D eigenvalue weighted by Gasteiger charge is -2.49. The normalized spacial score (nSPS) is 20.3. The molecule has 2 saturated carbocycles. The van der Waals surface area contributed by atoms with E-state index in [1.165, 1.54) is 72.0 Å². The van der Waals surface area contributed by atoms with Crippen LogP contribution in [0.25, 0.3) is 22.3 Å². The van der Waals surface area contributed by atoms with Crippen LogP contribution in [0.1, 0.15) is 57.9 Å². The minimum Gasteiger partial charge on any atom is -0.311 e. The maximum atomic E-state index is 2.48. The SMILES string of the molecule is CCC1(c2ccc(N(c3ccc(-c4ccc(N(c5ccccc5)c5ccccc5)cc4)cc3)c3cccc(-c4ccccc4)c3)cc2)CC2CC(C)CC(C2)C1. The summed E-state index contributed by atoms with van der Waals surface area (Å²) in [6, 6.07) is 68.6. The van der Waals surface area contributed by atoms with Crippen molar-refractivity contribution in [3.8, 4) is 22.3 Å². The van der Waals surface area contributed by atoms with Gasteiger partial charge in [-0.3, -0.25) is 0 Å². The van der Waals surface area contributed by atoms with Gasteiger partial charge >= 0.3 is 0 Å². The molecule has 0 aromatic heterocycles. The average Bonchev–Trinajstić information content (AvgIpc) is 3.25. The molecule has 0 heterocycles. The molecule has 2 nitrogen and oxygen atoms in total.